The minimum atomic E-state index is 0.206. The summed E-state index contributed by atoms with van der Waals surface area (Å²) in [5, 5.41) is 0. The number of nitrogens with zero attached hydrogens (tertiary/aromatic N) is 1. The summed E-state index contributed by atoms with van der Waals surface area (Å²) >= 11 is 1.69. The van der Waals surface area contributed by atoms with Crippen molar-refractivity contribution in [2.45, 2.75) is 37.1 Å². The van der Waals surface area contributed by atoms with Crippen molar-refractivity contribution < 1.29 is 9.53 Å². The maximum absolute atomic E-state index is 13.0. The Bertz CT molecular complexity index is 522. The molecule has 1 atom stereocenters. The van der Waals surface area contributed by atoms with Gasteiger partial charge in [0.05, 0.1) is 6.61 Å². The lowest BCUT2D eigenvalue weighted by Crippen LogP contribution is -2.37. The minimum Gasteiger partial charge on any atom is -0.381 e. The van der Waals surface area contributed by atoms with Crippen LogP contribution in [0.2, 0.25) is 0 Å². The van der Waals surface area contributed by atoms with Gasteiger partial charge in [-0.05, 0) is 50.1 Å². The van der Waals surface area contributed by atoms with Gasteiger partial charge in [0.15, 0.2) is 0 Å². The second-order valence-electron chi connectivity index (χ2n) is 6.10. The van der Waals surface area contributed by atoms with Crippen molar-refractivity contribution in [2.24, 2.45) is 5.92 Å². The molecule has 0 N–H and O–H groups in total. The van der Waals surface area contributed by atoms with E-state index in [0.29, 0.717) is 12.0 Å². The van der Waals surface area contributed by atoms with Gasteiger partial charge in [0.25, 0.3) is 5.91 Å². The number of ether oxygens (including phenoxy) is 1. The fourth-order valence-corrected chi connectivity index (χ4v) is 3.34. The van der Waals surface area contributed by atoms with E-state index in [2.05, 4.69) is 17.0 Å². The van der Waals surface area contributed by atoms with Crippen LogP contribution in [0.3, 0.4) is 0 Å². The lowest BCUT2D eigenvalue weighted by atomic mass is 10.0. The van der Waals surface area contributed by atoms with Gasteiger partial charge in [-0.25, -0.2) is 0 Å². The van der Waals surface area contributed by atoms with Crippen molar-refractivity contribution in [1.82, 2.24) is 4.90 Å². The molecule has 0 bridgehead atoms. The van der Waals surface area contributed by atoms with Crippen LogP contribution < -0.4 is 0 Å². The quantitative estimate of drug-likeness (QED) is 0.781. The van der Waals surface area contributed by atoms with Crippen molar-refractivity contribution in [3.8, 4) is 0 Å². The van der Waals surface area contributed by atoms with Gasteiger partial charge >= 0.3 is 0 Å². The molecule has 114 valence electrons. The van der Waals surface area contributed by atoms with Crippen molar-refractivity contribution >= 4 is 17.7 Å². The van der Waals surface area contributed by atoms with E-state index in [1.54, 1.807) is 11.8 Å². The molecule has 4 heteroatoms. The molecule has 1 aliphatic carbocycles. The molecule has 1 aromatic carbocycles. The molecule has 21 heavy (non-hydrogen) atoms. The van der Waals surface area contributed by atoms with Crippen LogP contribution in [0.5, 0.6) is 0 Å². The van der Waals surface area contributed by atoms with Gasteiger partial charge in [-0.15, -0.1) is 11.8 Å². The topological polar surface area (TPSA) is 29.5 Å². The monoisotopic (exact) mass is 305 g/mol. The second kappa shape index (κ2) is 6.41. The normalized spacial score (nSPS) is 21.5. The Hall–Kier alpha value is -1.00. The maximum atomic E-state index is 13.0. The Morgan fingerprint density at radius 1 is 1.38 bits per heavy atom. The molecule has 1 saturated heterocycles. The van der Waals surface area contributed by atoms with Crippen molar-refractivity contribution in [3.63, 3.8) is 0 Å². The zero-order valence-corrected chi connectivity index (χ0v) is 13.6. The van der Waals surface area contributed by atoms with Gasteiger partial charge < -0.3 is 9.64 Å². The first-order chi connectivity index (χ1) is 10.2. The first kappa shape index (κ1) is 14.9. The van der Waals surface area contributed by atoms with E-state index in [4.69, 9.17) is 4.74 Å². The van der Waals surface area contributed by atoms with Gasteiger partial charge in [0.2, 0.25) is 0 Å². The average Bonchev–Trinajstić information content (AvgIpc) is 3.21. The van der Waals surface area contributed by atoms with Crippen LogP contribution >= 0.6 is 11.8 Å². The molecular weight excluding hydrogens is 282 g/mol. The predicted molar refractivity (Wildman–Crippen MR) is 85.9 cm³/mol. The number of thioether (sulfide) groups is 1. The maximum Gasteiger partial charge on any atom is 0.254 e. The van der Waals surface area contributed by atoms with Crippen LogP contribution in [0.1, 0.15) is 35.2 Å². The summed E-state index contributed by atoms with van der Waals surface area (Å²) in [6, 6.07) is 6.64. The van der Waals surface area contributed by atoms with Gasteiger partial charge in [0, 0.05) is 35.6 Å². The van der Waals surface area contributed by atoms with Crippen molar-refractivity contribution in [2.75, 3.05) is 26.0 Å². The highest BCUT2D eigenvalue weighted by molar-refractivity contribution is 7.98. The Balaban J connectivity index is 1.80. The number of carbonyl (C=O) groups excluding carboxylic acids is 1. The molecule has 0 radical (unpaired) electrons. The summed E-state index contributed by atoms with van der Waals surface area (Å²) in [5.74, 6) is 0.719. The van der Waals surface area contributed by atoms with Gasteiger partial charge in [-0.1, -0.05) is 6.07 Å². The lowest BCUT2D eigenvalue weighted by molar-refractivity contribution is 0.0705. The van der Waals surface area contributed by atoms with Crippen LogP contribution in [0.4, 0.5) is 0 Å². The highest BCUT2D eigenvalue weighted by atomic mass is 32.2. The Kier molecular flexibility index (Phi) is 4.55. The van der Waals surface area contributed by atoms with E-state index in [1.807, 2.05) is 19.2 Å². The summed E-state index contributed by atoms with van der Waals surface area (Å²) < 4.78 is 5.46. The van der Waals surface area contributed by atoms with E-state index in [1.165, 1.54) is 0 Å². The molecule has 1 unspecified atom stereocenters. The summed E-state index contributed by atoms with van der Waals surface area (Å²) in [6.45, 7) is 4.53. The second-order valence-corrected chi connectivity index (χ2v) is 6.98. The Labute approximate surface area is 131 Å². The first-order valence-corrected chi connectivity index (χ1v) is 8.95. The Morgan fingerprint density at radius 3 is 2.81 bits per heavy atom. The smallest absolute Gasteiger partial charge is 0.254 e. The number of aryl methyl sites for hydroxylation is 1. The minimum absolute atomic E-state index is 0.206. The fraction of sp³-hybridized carbons (Fsp3) is 0.588. The molecule has 0 aromatic heterocycles. The first-order valence-electron chi connectivity index (χ1n) is 7.72. The number of carbonyl (C=O) groups is 1. The standard InChI is InChI=1S/C17H23NO2S/c1-12-3-6-15(21-2)9-16(12)17(19)18(14-4-5-14)10-13-7-8-20-11-13/h3,6,9,13-14H,4-5,7-8,10-11H2,1-2H3. The van der Waals surface area contributed by atoms with E-state index in [9.17, 15) is 4.79 Å². The van der Waals surface area contributed by atoms with Crippen molar-refractivity contribution in [3.05, 3.63) is 29.3 Å². The molecular formula is C17H23NO2S. The molecule has 1 saturated carbocycles. The SMILES string of the molecule is CSc1ccc(C)c(C(=O)N(CC2CCOC2)C2CC2)c1. The molecule has 0 spiro atoms. The van der Waals surface area contributed by atoms with Gasteiger partial charge in [-0.3, -0.25) is 4.79 Å². The van der Waals surface area contributed by atoms with E-state index < -0.39 is 0 Å². The highest BCUT2D eigenvalue weighted by Gasteiger charge is 2.35. The van der Waals surface area contributed by atoms with Gasteiger partial charge in [0.1, 0.15) is 0 Å². The van der Waals surface area contributed by atoms with Crippen LogP contribution in [0, 0.1) is 12.8 Å². The average molecular weight is 305 g/mol. The summed E-state index contributed by atoms with van der Waals surface area (Å²) in [7, 11) is 0. The molecule has 1 aromatic rings. The third kappa shape index (κ3) is 3.43. The van der Waals surface area contributed by atoms with Crippen LogP contribution in [-0.2, 0) is 4.74 Å². The Morgan fingerprint density at radius 2 is 2.19 bits per heavy atom. The third-order valence-electron chi connectivity index (χ3n) is 4.40. The molecule has 1 heterocycles. The third-order valence-corrected chi connectivity index (χ3v) is 5.13. The van der Waals surface area contributed by atoms with Crippen LogP contribution in [0.25, 0.3) is 0 Å². The summed E-state index contributed by atoms with van der Waals surface area (Å²) in [5.41, 5.74) is 1.94. The van der Waals surface area contributed by atoms with Crippen LogP contribution in [-0.4, -0.2) is 42.9 Å². The number of amides is 1. The molecule has 2 aliphatic rings. The van der Waals surface area contributed by atoms with E-state index in [-0.39, 0.29) is 5.91 Å². The highest BCUT2D eigenvalue weighted by Crippen LogP contribution is 2.31. The summed E-state index contributed by atoms with van der Waals surface area (Å²) in [6.07, 6.45) is 5.44. The zero-order chi connectivity index (χ0) is 14.8. The molecule has 2 fully saturated rings. The predicted octanol–water partition coefficient (Wildman–Crippen LogP) is 3.36. The fourth-order valence-electron chi connectivity index (χ4n) is 2.90. The van der Waals surface area contributed by atoms with Gasteiger partial charge in [-0.2, -0.15) is 0 Å². The molecule has 1 aliphatic heterocycles. The summed E-state index contributed by atoms with van der Waals surface area (Å²) in [4.78, 5) is 16.2. The largest absolute Gasteiger partial charge is 0.381 e. The van der Waals surface area contributed by atoms with E-state index >= 15 is 0 Å². The molecule has 3 rings (SSSR count). The molecule has 3 nitrogen and oxygen atoms in total. The zero-order valence-electron chi connectivity index (χ0n) is 12.8. The van der Waals surface area contributed by atoms with Crippen LogP contribution in [0.15, 0.2) is 23.1 Å². The molecule has 1 amide bonds. The van der Waals surface area contributed by atoms with E-state index in [0.717, 1.165) is 55.0 Å². The van der Waals surface area contributed by atoms with Crippen molar-refractivity contribution in [1.29, 1.82) is 0 Å². The number of hydrogen-bond donors (Lipinski definition) is 0. The lowest BCUT2D eigenvalue weighted by Gasteiger charge is -2.26. The number of hydrogen-bond acceptors (Lipinski definition) is 3. The number of benzene rings is 1. The number of rotatable bonds is 5.